The van der Waals surface area contributed by atoms with Gasteiger partial charge in [0.25, 0.3) is 5.56 Å². The van der Waals surface area contributed by atoms with Gasteiger partial charge in [-0.25, -0.2) is 4.79 Å². The Kier molecular flexibility index (Phi) is 5.33. The lowest BCUT2D eigenvalue weighted by Crippen LogP contribution is -2.35. The van der Waals surface area contributed by atoms with Crippen LogP contribution in [0.1, 0.15) is 24.3 Å². The highest BCUT2D eigenvalue weighted by Crippen LogP contribution is 2.33. The topological polar surface area (TPSA) is 80.2 Å². The summed E-state index contributed by atoms with van der Waals surface area (Å²) < 4.78 is 8.31. The van der Waals surface area contributed by atoms with Gasteiger partial charge >= 0.3 is 5.69 Å². The summed E-state index contributed by atoms with van der Waals surface area (Å²) in [7, 11) is 1.71. The molecule has 1 aliphatic rings. The second kappa shape index (κ2) is 8.28. The molecule has 1 atom stereocenters. The molecule has 1 N–H and O–H groups in total. The van der Waals surface area contributed by atoms with E-state index < -0.39 is 0 Å². The van der Waals surface area contributed by atoms with E-state index in [0.29, 0.717) is 28.2 Å². The Labute approximate surface area is 182 Å². The zero-order valence-corrected chi connectivity index (χ0v) is 18.2. The predicted octanol–water partition coefficient (Wildman–Crippen LogP) is 3.19. The van der Waals surface area contributed by atoms with Crippen LogP contribution in [0.15, 0.2) is 52.2 Å². The van der Waals surface area contributed by atoms with Gasteiger partial charge in [-0.3, -0.25) is 14.3 Å². The number of aromatic nitrogens is 3. The Morgan fingerprint density at radius 2 is 2.06 bits per heavy atom. The first-order chi connectivity index (χ1) is 15.2. The number of methoxy groups -OCH3 is 1. The van der Waals surface area contributed by atoms with Crippen LogP contribution < -0.4 is 16.0 Å². The lowest BCUT2D eigenvalue weighted by molar-refractivity contribution is 0.318. The summed E-state index contributed by atoms with van der Waals surface area (Å²) in [5.41, 5.74) is 1.89. The van der Waals surface area contributed by atoms with Crippen molar-refractivity contribution in [3.05, 3.63) is 69.0 Å². The van der Waals surface area contributed by atoms with Gasteiger partial charge in [0, 0.05) is 25.2 Å². The second-order valence-electron chi connectivity index (χ2n) is 7.92. The van der Waals surface area contributed by atoms with E-state index in [9.17, 15) is 9.59 Å². The standard InChI is InChI=1S/C23H24N4O3S/c1-30-17-7-3-2-6-16(17)15-9-13-26(14-15)11-5-12-27-22(28)21-20(25-23(27)29)19-18(31-21)8-4-10-24-19/h2-4,6-8,10,15H,5,9,11-14H2,1H3,(H,25,29)/t15-/m0/s1. The summed E-state index contributed by atoms with van der Waals surface area (Å²) in [4.78, 5) is 35.1. The van der Waals surface area contributed by atoms with Gasteiger partial charge in [-0.15, -0.1) is 11.3 Å². The highest BCUT2D eigenvalue weighted by atomic mass is 32.1. The van der Waals surface area contributed by atoms with Crippen LogP contribution in [0.3, 0.4) is 0 Å². The van der Waals surface area contributed by atoms with E-state index in [4.69, 9.17) is 4.74 Å². The predicted molar refractivity (Wildman–Crippen MR) is 123 cm³/mol. The Balaban J connectivity index is 1.28. The van der Waals surface area contributed by atoms with Crippen molar-refractivity contribution >= 4 is 31.8 Å². The van der Waals surface area contributed by atoms with Gasteiger partial charge < -0.3 is 14.6 Å². The number of para-hydroxylation sites is 1. The first-order valence-electron chi connectivity index (χ1n) is 10.5. The third-order valence-electron chi connectivity index (χ3n) is 6.07. The monoisotopic (exact) mass is 436 g/mol. The highest BCUT2D eigenvalue weighted by Gasteiger charge is 2.25. The molecule has 8 heteroatoms. The van der Waals surface area contributed by atoms with Crippen molar-refractivity contribution in [2.75, 3.05) is 26.7 Å². The van der Waals surface area contributed by atoms with Crippen molar-refractivity contribution in [1.82, 2.24) is 19.4 Å². The van der Waals surface area contributed by atoms with Gasteiger partial charge in [0.15, 0.2) is 0 Å². The number of hydrogen-bond acceptors (Lipinski definition) is 6. The van der Waals surface area contributed by atoms with Crippen LogP contribution in [0.2, 0.25) is 0 Å². The van der Waals surface area contributed by atoms with Crippen LogP contribution in [-0.4, -0.2) is 46.2 Å². The smallest absolute Gasteiger partial charge is 0.328 e. The van der Waals surface area contributed by atoms with E-state index in [-0.39, 0.29) is 11.2 Å². The number of rotatable bonds is 6. The number of nitrogens with zero attached hydrogens (tertiary/aromatic N) is 3. The van der Waals surface area contributed by atoms with E-state index in [1.807, 2.05) is 24.3 Å². The van der Waals surface area contributed by atoms with Crippen molar-refractivity contribution in [2.24, 2.45) is 0 Å². The number of aromatic amines is 1. The molecular weight excluding hydrogens is 412 g/mol. The lowest BCUT2D eigenvalue weighted by atomic mass is 9.97. The molecular formula is C23H24N4O3S. The summed E-state index contributed by atoms with van der Waals surface area (Å²) >= 11 is 1.38. The molecule has 1 saturated heterocycles. The maximum absolute atomic E-state index is 13.0. The van der Waals surface area contributed by atoms with Crippen LogP contribution in [0.25, 0.3) is 20.4 Å². The molecule has 0 bridgehead atoms. The molecule has 0 amide bonds. The first kappa shape index (κ1) is 20.0. The number of thiophene rings is 1. The molecule has 31 heavy (non-hydrogen) atoms. The molecule has 4 heterocycles. The van der Waals surface area contributed by atoms with Crippen LogP contribution in [0.5, 0.6) is 5.75 Å². The average Bonchev–Trinajstić information content (AvgIpc) is 3.41. The molecule has 0 radical (unpaired) electrons. The second-order valence-corrected chi connectivity index (χ2v) is 8.98. The van der Waals surface area contributed by atoms with E-state index in [0.717, 1.165) is 42.9 Å². The minimum Gasteiger partial charge on any atom is -0.496 e. The largest absolute Gasteiger partial charge is 0.496 e. The molecule has 1 aliphatic heterocycles. The molecule has 0 aliphatic carbocycles. The summed E-state index contributed by atoms with van der Waals surface area (Å²) in [5, 5.41) is 0. The molecule has 1 aromatic carbocycles. The minimum absolute atomic E-state index is 0.227. The molecule has 7 nitrogen and oxygen atoms in total. The number of fused-ring (bicyclic) bond motifs is 3. The molecule has 4 aromatic rings. The van der Waals surface area contributed by atoms with Gasteiger partial charge in [0.2, 0.25) is 0 Å². The Morgan fingerprint density at radius 1 is 1.19 bits per heavy atom. The SMILES string of the molecule is COc1ccccc1[C@H]1CCN(CCCn2c(=O)[nH]c3c(sc4cccnc43)c2=O)C1. The molecule has 5 rings (SSSR count). The summed E-state index contributed by atoms with van der Waals surface area (Å²) in [6, 6.07) is 12.0. The van der Waals surface area contributed by atoms with Crippen molar-refractivity contribution in [3.8, 4) is 5.75 Å². The Hall–Kier alpha value is -2.97. The van der Waals surface area contributed by atoms with Gasteiger partial charge in [0.05, 0.1) is 17.3 Å². The molecule has 0 unspecified atom stereocenters. The number of H-pyrrole nitrogens is 1. The van der Waals surface area contributed by atoms with Crippen LogP contribution >= 0.6 is 11.3 Å². The van der Waals surface area contributed by atoms with Crippen LogP contribution in [0, 0.1) is 0 Å². The minimum atomic E-state index is -0.365. The summed E-state index contributed by atoms with van der Waals surface area (Å²) in [6.45, 7) is 3.23. The Morgan fingerprint density at radius 3 is 2.94 bits per heavy atom. The molecule has 0 saturated carbocycles. The fraction of sp³-hybridized carbons (Fsp3) is 0.348. The van der Waals surface area contributed by atoms with Gasteiger partial charge in [-0.1, -0.05) is 18.2 Å². The van der Waals surface area contributed by atoms with Crippen molar-refractivity contribution < 1.29 is 4.74 Å². The van der Waals surface area contributed by atoms with Gasteiger partial charge in [-0.05, 0) is 49.7 Å². The zero-order chi connectivity index (χ0) is 21.4. The number of ether oxygens (including phenoxy) is 1. The van der Waals surface area contributed by atoms with E-state index in [1.54, 1.807) is 13.3 Å². The quantitative estimate of drug-likeness (QED) is 0.502. The zero-order valence-electron chi connectivity index (χ0n) is 17.3. The highest BCUT2D eigenvalue weighted by molar-refractivity contribution is 7.25. The molecule has 0 spiro atoms. The number of benzene rings is 1. The third kappa shape index (κ3) is 3.66. The van der Waals surface area contributed by atoms with Crippen LogP contribution in [-0.2, 0) is 6.54 Å². The normalized spacial score (nSPS) is 17.0. The van der Waals surface area contributed by atoms with Crippen LogP contribution in [0.4, 0.5) is 0 Å². The number of hydrogen-bond donors (Lipinski definition) is 1. The van der Waals surface area contributed by atoms with E-state index >= 15 is 0 Å². The molecule has 3 aromatic heterocycles. The number of likely N-dealkylation sites (tertiary alicyclic amines) is 1. The summed E-state index contributed by atoms with van der Waals surface area (Å²) in [5.74, 6) is 1.39. The average molecular weight is 437 g/mol. The first-order valence-corrected chi connectivity index (χ1v) is 11.3. The van der Waals surface area contributed by atoms with E-state index in [2.05, 4.69) is 27.0 Å². The van der Waals surface area contributed by atoms with Crippen molar-refractivity contribution in [3.63, 3.8) is 0 Å². The van der Waals surface area contributed by atoms with E-state index in [1.165, 1.54) is 21.5 Å². The maximum atomic E-state index is 13.0. The summed E-state index contributed by atoms with van der Waals surface area (Å²) in [6.07, 6.45) is 3.50. The number of nitrogens with one attached hydrogen (secondary N) is 1. The molecule has 1 fully saturated rings. The maximum Gasteiger partial charge on any atom is 0.328 e. The fourth-order valence-electron chi connectivity index (χ4n) is 4.53. The fourth-order valence-corrected chi connectivity index (χ4v) is 5.60. The Bertz CT molecular complexity index is 1360. The molecule has 160 valence electrons. The lowest BCUT2D eigenvalue weighted by Gasteiger charge is -2.17. The number of pyridine rings is 1. The van der Waals surface area contributed by atoms with Crippen molar-refractivity contribution in [2.45, 2.75) is 25.3 Å². The third-order valence-corrected chi connectivity index (χ3v) is 7.20. The van der Waals surface area contributed by atoms with Crippen molar-refractivity contribution in [1.29, 1.82) is 0 Å². The van der Waals surface area contributed by atoms with Gasteiger partial charge in [-0.2, -0.15) is 0 Å². The van der Waals surface area contributed by atoms with Gasteiger partial charge in [0.1, 0.15) is 16.0 Å².